The molecule has 0 bridgehead atoms. The number of amides is 1. The van der Waals surface area contributed by atoms with E-state index in [9.17, 15) is 4.79 Å². The van der Waals surface area contributed by atoms with Gasteiger partial charge in [0, 0.05) is 24.9 Å². The minimum Gasteiger partial charge on any atom is -0.350 e. The lowest BCUT2D eigenvalue weighted by Gasteiger charge is -2.23. The standard InChI is InChI=1S/C16H23N5O/c1-13(20-7-2-3-8-20)4-5-16(22)19-11-14-10-18-15-12-17-6-9-21(14)15/h6,9-10,12-13H,2-5,7-8,11H2,1H3,(H,19,22)/t13-/m1/s1. The second kappa shape index (κ2) is 6.87. The van der Waals surface area contributed by atoms with Crippen molar-refractivity contribution in [2.75, 3.05) is 13.1 Å². The predicted molar refractivity (Wildman–Crippen MR) is 84.3 cm³/mol. The molecule has 0 spiro atoms. The molecule has 0 unspecified atom stereocenters. The van der Waals surface area contributed by atoms with Gasteiger partial charge in [0.1, 0.15) is 0 Å². The molecule has 6 heteroatoms. The quantitative estimate of drug-likeness (QED) is 0.880. The van der Waals surface area contributed by atoms with E-state index in [2.05, 4.69) is 27.1 Å². The van der Waals surface area contributed by atoms with Crippen LogP contribution in [0.2, 0.25) is 0 Å². The molecule has 1 aliphatic rings. The van der Waals surface area contributed by atoms with Gasteiger partial charge in [0.25, 0.3) is 0 Å². The van der Waals surface area contributed by atoms with Crippen LogP contribution in [0.1, 0.15) is 38.3 Å². The fourth-order valence-electron chi connectivity index (χ4n) is 3.01. The largest absolute Gasteiger partial charge is 0.350 e. The van der Waals surface area contributed by atoms with Crippen LogP contribution in [-0.2, 0) is 11.3 Å². The van der Waals surface area contributed by atoms with Crippen molar-refractivity contribution in [3.05, 3.63) is 30.5 Å². The Balaban J connectivity index is 1.46. The summed E-state index contributed by atoms with van der Waals surface area (Å²) < 4.78 is 1.94. The van der Waals surface area contributed by atoms with Crippen LogP contribution in [0.5, 0.6) is 0 Å². The molecule has 0 aliphatic carbocycles. The predicted octanol–water partition coefficient (Wildman–Crippen LogP) is 1.61. The zero-order valence-electron chi connectivity index (χ0n) is 13.0. The number of hydrogen-bond acceptors (Lipinski definition) is 4. The lowest BCUT2D eigenvalue weighted by Crippen LogP contribution is -2.32. The second-order valence-corrected chi connectivity index (χ2v) is 5.96. The monoisotopic (exact) mass is 301 g/mol. The van der Waals surface area contributed by atoms with Gasteiger partial charge in [-0.15, -0.1) is 0 Å². The van der Waals surface area contributed by atoms with Crippen molar-refractivity contribution in [3.8, 4) is 0 Å². The van der Waals surface area contributed by atoms with E-state index in [1.54, 1.807) is 18.6 Å². The Morgan fingerprint density at radius 3 is 3.00 bits per heavy atom. The van der Waals surface area contributed by atoms with E-state index in [0.29, 0.717) is 19.0 Å². The molecule has 1 N–H and O–H groups in total. The van der Waals surface area contributed by atoms with E-state index in [4.69, 9.17) is 0 Å². The lowest BCUT2D eigenvalue weighted by atomic mass is 10.1. The lowest BCUT2D eigenvalue weighted by molar-refractivity contribution is -0.121. The van der Waals surface area contributed by atoms with Gasteiger partial charge < -0.3 is 10.2 Å². The summed E-state index contributed by atoms with van der Waals surface area (Å²) >= 11 is 0. The minimum absolute atomic E-state index is 0.107. The van der Waals surface area contributed by atoms with Crippen LogP contribution < -0.4 is 5.32 Å². The summed E-state index contributed by atoms with van der Waals surface area (Å²) in [6, 6.07) is 0.495. The number of imidazole rings is 1. The third-order valence-electron chi connectivity index (χ3n) is 4.41. The van der Waals surface area contributed by atoms with Gasteiger partial charge in [-0.25, -0.2) is 4.98 Å². The van der Waals surface area contributed by atoms with Gasteiger partial charge in [0.2, 0.25) is 5.91 Å². The molecule has 0 aromatic carbocycles. The fourth-order valence-corrected chi connectivity index (χ4v) is 3.01. The summed E-state index contributed by atoms with van der Waals surface area (Å²) in [7, 11) is 0. The summed E-state index contributed by atoms with van der Waals surface area (Å²) in [4.78, 5) is 22.8. The molecule has 2 aromatic rings. The van der Waals surface area contributed by atoms with Crippen molar-refractivity contribution in [2.24, 2.45) is 0 Å². The van der Waals surface area contributed by atoms with Gasteiger partial charge in [-0.2, -0.15) is 0 Å². The normalized spacial score (nSPS) is 17.0. The van der Waals surface area contributed by atoms with Gasteiger partial charge in [0.05, 0.1) is 24.6 Å². The molecule has 0 radical (unpaired) electrons. The number of rotatable bonds is 6. The molecule has 0 saturated carbocycles. The number of aromatic nitrogens is 3. The van der Waals surface area contributed by atoms with E-state index >= 15 is 0 Å². The maximum atomic E-state index is 12.0. The number of hydrogen-bond donors (Lipinski definition) is 1. The molecule has 3 rings (SSSR count). The molecule has 2 aromatic heterocycles. The highest BCUT2D eigenvalue weighted by atomic mass is 16.1. The molecule has 1 saturated heterocycles. The van der Waals surface area contributed by atoms with E-state index in [-0.39, 0.29) is 5.91 Å². The number of likely N-dealkylation sites (tertiary alicyclic amines) is 1. The van der Waals surface area contributed by atoms with E-state index in [1.165, 1.54) is 25.9 Å². The Kier molecular flexibility index (Phi) is 4.68. The fraction of sp³-hybridized carbons (Fsp3) is 0.562. The molecule has 1 amide bonds. The van der Waals surface area contributed by atoms with E-state index in [1.807, 2.05) is 10.6 Å². The number of carbonyl (C=O) groups excluding carboxylic acids is 1. The van der Waals surface area contributed by atoms with Crippen LogP contribution in [-0.4, -0.2) is 44.3 Å². The van der Waals surface area contributed by atoms with Crippen LogP contribution in [0.3, 0.4) is 0 Å². The second-order valence-electron chi connectivity index (χ2n) is 5.96. The Morgan fingerprint density at radius 1 is 1.36 bits per heavy atom. The molecule has 3 heterocycles. The zero-order valence-corrected chi connectivity index (χ0v) is 13.0. The van der Waals surface area contributed by atoms with Crippen molar-refractivity contribution in [2.45, 2.75) is 45.2 Å². The number of carbonyl (C=O) groups is 1. The minimum atomic E-state index is 0.107. The number of nitrogens with one attached hydrogen (secondary N) is 1. The van der Waals surface area contributed by atoms with Crippen molar-refractivity contribution in [3.63, 3.8) is 0 Å². The first-order valence-electron chi connectivity index (χ1n) is 8.01. The Hall–Kier alpha value is -1.95. The highest BCUT2D eigenvalue weighted by molar-refractivity contribution is 5.75. The Bertz CT molecular complexity index is 632. The zero-order chi connectivity index (χ0) is 15.4. The van der Waals surface area contributed by atoms with Crippen LogP contribution in [0.25, 0.3) is 5.65 Å². The topological polar surface area (TPSA) is 62.5 Å². The van der Waals surface area contributed by atoms with Crippen molar-refractivity contribution in [1.29, 1.82) is 0 Å². The summed E-state index contributed by atoms with van der Waals surface area (Å²) in [6.07, 6.45) is 11.2. The number of nitrogens with zero attached hydrogens (tertiary/aromatic N) is 4. The van der Waals surface area contributed by atoms with Crippen molar-refractivity contribution in [1.82, 2.24) is 24.6 Å². The van der Waals surface area contributed by atoms with Gasteiger partial charge >= 0.3 is 0 Å². The van der Waals surface area contributed by atoms with Gasteiger partial charge in [-0.05, 0) is 39.3 Å². The Morgan fingerprint density at radius 2 is 2.18 bits per heavy atom. The third kappa shape index (κ3) is 3.44. The smallest absolute Gasteiger partial charge is 0.220 e. The van der Waals surface area contributed by atoms with Crippen LogP contribution in [0.15, 0.2) is 24.8 Å². The van der Waals surface area contributed by atoms with E-state index < -0.39 is 0 Å². The average molecular weight is 301 g/mol. The summed E-state index contributed by atoms with van der Waals surface area (Å²) in [5, 5.41) is 2.98. The van der Waals surface area contributed by atoms with Crippen LogP contribution >= 0.6 is 0 Å². The first-order chi connectivity index (χ1) is 10.7. The molecule has 1 fully saturated rings. The summed E-state index contributed by atoms with van der Waals surface area (Å²) in [5.41, 5.74) is 1.77. The molecule has 1 aliphatic heterocycles. The molecular weight excluding hydrogens is 278 g/mol. The summed E-state index contributed by atoms with van der Waals surface area (Å²) in [5.74, 6) is 0.107. The van der Waals surface area contributed by atoms with Crippen LogP contribution in [0, 0.1) is 0 Å². The van der Waals surface area contributed by atoms with Gasteiger partial charge in [-0.3, -0.25) is 14.2 Å². The first-order valence-corrected chi connectivity index (χ1v) is 8.01. The third-order valence-corrected chi connectivity index (χ3v) is 4.41. The molecule has 6 nitrogen and oxygen atoms in total. The number of fused-ring (bicyclic) bond motifs is 1. The summed E-state index contributed by atoms with van der Waals surface area (Å²) in [6.45, 7) is 5.08. The van der Waals surface area contributed by atoms with Crippen molar-refractivity contribution < 1.29 is 4.79 Å². The maximum absolute atomic E-state index is 12.0. The van der Waals surface area contributed by atoms with Crippen LogP contribution in [0.4, 0.5) is 0 Å². The van der Waals surface area contributed by atoms with E-state index in [0.717, 1.165) is 17.8 Å². The van der Waals surface area contributed by atoms with Crippen molar-refractivity contribution >= 4 is 11.6 Å². The van der Waals surface area contributed by atoms with Gasteiger partial charge in [-0.1, -0.05) is 0 Å². The highest BCUT2D eigenvalue weighted by Gasteiger charge is 2.18. The first kappa shape index (κ1) is 15.0. The molecule has 22 heavy (non-hydrogen) atoms. The highest BCUT2D eigenvalue weighted by Crippen LogP contribution is 2.14. The SMILES string of the molecule is C[C@H](CCC(=O)NCc1cnc2cnccn12)N1CCCC1. The maximum Gasteiger partial charge on any atom is 0.220 e. The molecular formula is C16H23N5O. The molecule has 1 atom stereocenters. The Labute approximate surface area is 130 Å². The van der Waals surface area contributed by atoms with Gasteiger partial charge in [0.15, 0.2) is 5.65 Å². The average Bonchev–Trinajstić information content (AvgIpc) is 3.20. The molecule has 118 valence electrons.